The molecule has 0 radical (unpaired) electrons. The summed E-state index contributed by atoms with van der Waals surface area (Å²) in [4.78, 5) is 4.24. The highest BCUT2D eigenvalue weighted by atomic mass is 15.0. The van der Waals surface area contributed by atoms with Gasteiger partial charge in [0.05, 0.1) is 5.69 Å². The first-order valence-electron chi connectivity index (χ1n) is 4.22. The lowest BCUT2D eigenvalue weighted by Gasteiger charge is -2.27. The van der Waals surface area contributed by atoms with Crippen LogP contribution in [0.5, 0.6) is 0 Å². The molecule has 2 nitrogen and oxygen atoms in total. The maximum atomic E-state index is 4.24. The molecule has 0 bridgehead atoms. The van der Waals surface area contributed by atoms with E-state index in [-0.39, 0.29) is 0 Å². The molecule has 12 heavy (non-hydrogen) atoms. The molecule has 2 heteroatoms. The Balaban J connectivity index is 2.18. The van der Waals surface area contributed by atoms with Gasteiger partial charge in [0.25, 0.3) is 0 Å². The molecule has 0 aromatic carbocycles. The Hall–Kier alpha value is -1.15. The molecule has 0 aliphatic carbocycles. The fraction of sp³-hybridized carbons (Fsp3) is 0.300. The van der Waals surface area contributed by atoms with Crippen molar-refractivity contribution in [3.8, 4) is 0 Å². The van der Waals surface area contributed by atoms with Gasteiger partial charge >= 0.3 is 0 Å². The Bertz CT molecular complexity index is 272. The smallest absolute Gasteiger partial charge is 0.0623 e. The van der Waals surface area contributed by atoms with Crippen molar-refractivity contribution in [2.24, 2.45) is 0 Å². The summed E-state index contributed by atoms with van der Waals surface area (Å²) in [6.45, 7) is 4.79. The van der Waals surface area contributed by atoms with Crippen LogP contribution < -0.4 is 5.32 Å². The van der Waals surface area contributed by atoms with Crippen molar-refractivity contribution >= 4 is 6.08 Å². The second kappa shape index (κ2) is 3.07. The van der Waals surface area contributed by atoms with Gasteiger partial charge in [-0.2, -0.15) is 0 Å². The Labute approximate surface area is 72.3 Å². The second-order valence-electron chi connectivity index (χ2n) is 3.02. The zero-order valence-electron chi connectivity index (χ0n) is 6.96. The highest BCUT2D eigenvalue weighted by Gasteiger charge is 2.17. The largest absolute Gasteiger partial charge is 0.310 e. The Kier molecular flexibility index (Phi) is 1.92. The van der Waals surface area contributed by atoms with Crippen LogP contribution in [0.3, 0.4) is 0 Å². The van der Waals surface area contributed by atoms with E-state index in [0.717, 1.165) is 12.2 Å². The van der Waals surface area contributed by atoms with E-state index in [0.29, 0.717) is 6.04 Å². The van der Waals surface area contributed by atoms with Crippen molar-refractivity contribution in [3.05, 3.63) is 36.2 Å². The summed E-state index contributed by atoms with van der Waals surface area (Å²) in [6, 6.07) is 4.65. The number of rotatable bonds is 2. The fourth-order valence-corrected chi connectivity index (χ4v) is 1.32. The van der Waals surface area contributed by atoms with Gasteiger partial charge in [-0.1, -0.05) is 12.6 Å². The van der Waals surface area contributed by atoms with Crippen molar-refractivity contribution in [2.75, 3.05) is 6.54 Å². The van der Waals surface area contributed by atoms with E-state index in [1.54, 1.807) is 6.08 Å². The molecule has 1 fully saturated rings. The standard InChI is InChI=1S/C10H12N2/c1-2-9-4-3-8(7-12-9)10-5-6-11-10/h2-4,7,10-11H,1,5-6H2/t10-/m0/s1. The van der Waals surface area contributed by atoms with Crippen molar-refractivity contribution in [3.63, 3.8) is 0 Å². The predicted octanol–water partition coefficient (Wildman–Crippen LogP) is 1.76. The van der Waals surface area contributed by atoms with Crippen LogP contribution in [0.2, 0.25) is 0 Å². The highest BCUT2D eigenvalue weighted by Crippen LogP contribution is 2.21. The normalized spacial score (nSPS) is 21.5. The number of nitrogens with one attached hydrogen (secondary N) is 1. The summed E-state index contributed by atoms with van der Waals surface area (Å²) in [5, 5.41) is 3.33. The molecule has 2 heterocycles. The van der Waals surface area contributed by atoms with Gasteiger partial charge in [-0.05, 0) is 30.7 Å². The molecule has 0 saturated carbocycles. The third kappa shape index (κ3) is 1.25. The van der Waals surface area contributed by atoms with E-state index in [1.165, 1.54) is 12.0 Å². The lowest BCUT2D eigenvalue weighted by Crippen LogP contribution is -2.34. The molecule has 1 atom stereocenters. The van der Waals surface area contributed by atoms with Gasteiger partial charge in [0.1, 0.15) is 0 Å². The Morgan fingerprint density at radius 3 is 2.83 bits per heavy atom. The van der Waals surface area contributed by atoms with Gasteiger partial charge in [-0.3, -0.25) is 4.98 Å². The third-order valence-corrected chi connectivity index (χ3v) is 2.24. The van der Waals surface area contributed by atoms with Crippen LogP contribution in [0.4, 0.5) is 0 Å². The third-order valence-electron chi connectivity index (χ3n) is 2.24. The first kappa shape index (κ1) is 7.50. The zero-order chi connectivity index (χ0) is 8.39. The van der Waals surface area contributed by atoms with Crippen LogP contribution in [0.25, 0.3) is 6.08 Å². The number of nitrogens with zero attached hydrogens (tertiary/aromatic N) is 1. The topological polar surface area (TPSA) is 24.9 Å². The van der Waals surface area contributed by atoms with Crippen molar-refractivity contribution in [1.82, 2.24) is 10.3 Å². The van der Waals surface area contributed by atoms with Crippen LogP contribution in [-0.2, 0) is 0 Å². The van der Waals surface area contributed by atoms with E-state index in [1.807, 2.05) is 12.3 Å². The molecule has 0 amide bonds. The van der Waals surface area contributed by atoms with E-state index < -0.39 is 0 Å². The minimum absolute atomic E-state index is 0.538. The van der Waals surface area contributed by atoms with Gasteiger partial charge in [0, 0.05) is 12.2 Å². The SMILES string of the molecule is C=Cc1ccc([C@@H]2CCN2)cn1. The maximum Gasteiger partial charge on any atom is 0.0623 e. The summed E-state index contributed by atoms with van der Waals surface area (Å²) in [5.41, 5.74) is 2.23. The molecule has 1 aliphatic heterocycles. The highest BCUT2D eigenvalue weighted by molar-refractivity contribution is 5.41. The van der Waals surface area contributed by atoms with E-state index >= 15 is 0 Å². The van der Waals surface area contributed by atoms with Gasteiger partial charge in [0.15, 0.2) is 0 Å². The van der Waals surface area contributed by atoms with E-state index in [2.05, 4.69) is 22.9 Å². The summed E-state index contributed by atoms with van der Waals surface area (Å²) >= 11 is 0. The maximum absolute atomic E-state index is 4.24. The molecule has 1 aromatic rings. The van der Waals surface area contributed by atoms with Gasteiger partial charge in [-0.15, -0.1) is 0 Å². The average molecular weight is 160 g/mol. The van der Waals surface area contributed by atoms with Crippen LogP contribution in [0, 0.1) is 0 Å². The summed E-state index contributed by atoms with van der Waals surface area (Å²) < 4.78 is 0. The Morgan fingerprint density at radius 1 is 1.58 bits per heavy atom. The molecule has 0 spiro atoms. The molecule has 0 unspecified atom stereocenters. The lowest BCUT2D eigenvalue weighted by atomic mass is 10.00. The van der Waals surface area contributed by atoms with E-state index in [4.69, 9.17) is 0 Å². The lowest BCUT2D eigenvalue weighted by molar-refractivity contribution is 0.382. The van der Waals surface area contributed by atoms with Crippen LogP contribution in [0.15, 0.2) is 24.9 Å². The first-order chi connectivity index (χ1) is 5.90. The Morgan fingerprint density at radius 2 is 2.42 bits per heavy atom. The van der Waals surface area contributed by atoms with Crippen LogP contribution >= 0.6 is 0 Å². The second-order valence-corrected chi connectivity index (χ2v) is 3.02. The summed E-state index contributed by atoms with van der Waals surface area (Å²) in [5.74, 6) is 0. The predicted molar refractivity (Wildman–Crippen MR) is 49.7 cm³/mol. The minimum atomic E-state index is 0.538. The van der Waals surface area contributed by atoms with Crippen molar-refractivity contribution in [1.29, 1.82) is 0 Å². The summed E-state index contributed by atoms with van der Waals surface area (Å²) in [7, 11) is 0. The molecule has 1 N–H and O–H groups in total. The molecular formula is C10H12N2. The quantitative estimate of drug-likeness (QED) is 0.713. The molecule has 1 aliphatic rings. The van der Waals surface area contributed by atoms with Gasteiger partial charge in [-0.25, -0.2) is 0 Å². The van der Waals surface area contributed by atoms with Gasteiger partial charge in [0.2, 0.25) is 0 Å². The monoisotopic (exact) mass is 160 g/mol. The number of hydrogen-bond acceptors (Lipinski definition) is 2. The van der Waals surface area contributed by atoms with Gasteiger partial charge < -0.3 is 5.32 Å². The number of aromatic nitrogens is 1. The molecule has 1 aromatic heterocycles. The molecule has 1 saturated heterocycles. The van der Waals surface area contributed by atoms with Crippen molar-refractivity contribution in [2.45, 2.75) is 12.5 Å². The molecule has 2 rings (SSSR count). The van der Waals surface area contributed by atoms with Crippen LogP contribution in [-0.4, -0.2) is 11.5 Å². The molecular weight excluding hydrogens is 148 g/mol. The fourth-order valence-electron chi connectivity index (χ4n) is 1.32. The van der Waals surface area contributed by atoms with Crippen molar-refractivity contribution < 1.29 is 0 Å². The molecule has 62 valence electrons. The minimum Gasteiger partial charge on any atom is -0.310 e. The summed E-state index contributed by atoms with van der Waals surface area (Å²) in [6.07, 6.45) is 4.92. The first-order valence-corrected chi connectivity index (χ1v) is 4.22. The zero-order valence-corrected chi connectivity index (χ0v) is 6.96. The average Bonchev–Trinajstić information content (AvgIpc) is 2.03. The number of hydrogen-bond donors (Lipinski definition) is 1. The van der Waals surface area contributed by atoms with E-state index in [9.17, 15) is 0 Å². The number of pyridine rings is 1. The van der Waals surface area contributed by atoms with Crippen LogP contribution in [0.1, 0.15) is 23.7 Å².